The number of thiophene rings is 1. The molecule has 2 aromatic carbocycles. The van der Waals surface area contributed by atoms with Crippen LogP contribution in [0.5, 0.6) is 5.75 Å². The maximum Gasteiger partial charge on any atom is 0.254 e. The molecular weight excluding hydrogens is 420 g/mol. The summed E-state index contributed by atoms with van der Waals surface area (Å²) in [4.78, 5) is 30.4. The molecule has 1 aliphatic heterocycles. The number of benzene rings is 2. The highest BCUT2D eigenvalue weighted by Crippen LogP contribution is 2.19. The molecule has 3 aromatic rings. The number of carbonyl (C=O) groups is 2. The van der Waals surface area contributed by atoms with Crippen molar-refractivity contribution in [3.8, 4) is 5.75 Å². The molecule has 1 aliphatic rings. The second-order valence-electron chi connectivity index (χ2n) is 7.91. The number of rotatable bonds is 8. The van der Waals surface area contributed by atoms with Crippen molar-refractivity contribution in [2.45, 2.75) is 25.9 Å². The predicted octanol–water partition coefficient (Wildman–Crippen LogP) is 4.63. The van der Waals surface area contributed by atoms with Crippen LogP contribution in [0.15, 0.2) is 72.1 Å². The Morgan fingerprint density at radius 2 is 1.66 bits per heavy atom. The first kappa shape index (κ1) is 22.1. The Bertz CT molecular complexity index is 1010. The number of nitrogens with zero attached hydrogens (tertiary/aromatic N) is 2. The average molecular weight is 449 g/mol. The minimum Gasteiger partial charge on any atom is -0.488 e. The van der Waals surface area contributed by atoms with Gasteiger partial charge >= 0.3 is 0 Å². The summed E-state index contributed by atoms with van der Waals surface area (Å²) < 4.78 is 5.83. The first-order valence-corrected chi connectivity index (χ1v) is 11.9. The zero-order valence-electron chi connectivity index (χ0n) is 18.1. The largest absolute Gasteiger partial charge is 0.488 e. The van der Waals surface area contributed by atoms with Crippen LogP contribution in [0.25, 0.3) is 0 Å². The third-order valence-electron chi connectivity index (χ3n) is 5.66. The molecule has 32 heavy (non-hydrogen) atoms. The molecule has 2 heterocycles. The van der Waals surface area contributed by atoms with Crippen LogP contribution in [-0.4, -0.2) is 47.8 Å². The Hall–Kier alpha value is -3.12. The van der Waals surface area contributed by atoms with E-state index >= 15 is 0 Å². The van der Waals surface area contributed by atoms with Crippen LogP contribution in [0.3, 0.4) is 0 Å². The van der Waals surface area contributed by atoms with E-state index in [1.165, 1.54) is 5.56 Å². The van der Waals surface area contributed by atoms with Gasteiger partial charge in [0.1, 0.15) is 12.4 Å². The normalized spacial score (nSPS) is 13.8. The van der Waals surface area contributed by atoms with E-state index in [1.807, 2.05) is 63.7 Å². The molecule has 0 radical (unpaired) electrons. The standard InChI is InChI=1S/C26H28N2O3S/c29-25(13-4-9-21-7-2-1-3-8-21)27-14-16-28(17-15-27)26(30)22-10-5-11-23(19-22)31-20-24-12-6-18-32-24/h1-3,5-8,10-12,18-19H,4,9,13-17,20H2. The van der Waals surface area contributed by atoms with E-state index in [4.69, 9.17) is 4.74 Å². The number of piperazine rings is 1. The van der Waals surface area contributed by atoms with Crippen molar-refractivity contribution < 1.29 is 14.3 Å². The average Bonchev–Trinajstić information content (AvgIpc) is 3.37. The van der Waals surface area contributed by atoms with Gasteiger partial charge in [-0.3, -0.25) is 9.59 Å². The third kappa shape index (κ3) is 5.98. The fourth-order valence-electron chi connectivity index (χ4n) is 3.86. The second-order valence-corrected chi connectivity index (χ2v) is 8.94. The van der Waals surface area contributed by atoms with Gasteiger partial charge in [0.25, 0.3) is 5.91 Å². The zero-order valence-corrected chi connectivity index (χ0v) is 18.9. The molecule has 1 saturated heterocycles. The van der Waals surface area contributed by atoms with Gasteiger partial charge in [-0.05, 0) is 48.1 Å². The zero-order chi connectivity index (χ0) is 22.2. The van der Waals surface area contributed by atoms with Gasteiger partial charge in [-0.1, -0.05) is 42.5 Å². The van der Waals surface area contributed by atoms with Gasteiger partial charge in [-0.15, -0.1) is 11.3 Å². The van der Waals surface area contributed by atoms with E-state index < -0.39 is 0 Å². The summed E-state index contributed by atoms with van der Waals surface area (Å²) in [5, 5.41) is 2.02. The van der Waals surface area contributed by atoms with Crippen molar-refractivity contribution in [2.24, 2.45) is 0 Å². The fourth-order valence-corrected chi connectivity index (χ4v) is 4.47. The molecule has 0 saturated carbocycles. The summed E-state index contributed by atoms with van der Waals surface area (Å²) in [5.74, 6) is 0.858. The maximum absolute atomic E-state index is 13.0. The summed E-state index contributed by atoms with van der Waals surface area (Å²) in [7, 11) is 0. The lowest BCUT2D eigenvalue weighted by molar-refractivity contribution is -0.132. The van der Waals surface area contributed by atoms with Gasteiger partial charge in [-0.2, -0.15) is 0 Å². The predicted molar refractivity (Wildman–Crippen MR) is 127 cm³/mol. The SMILES string of the molecule is O=C(CCCc1ccccc1)N1CCN(C(=O)c2cccc(OCc3cccs3)c2)CC1. The van der Waals surface area contributed by atoms with Crippen LogP contribution in [0, 0.1) is 0 Å². The molecule has 4 rings (SSSR count). The van der Waals surface area contributed by atoms with Crippen LogP contribution in [0.4, 0.5) is 0 Å². The Balaban J connectivity index is 1.23. The molecule has 0 bridgehead atoms. The summed E-state index contributed by atoms with van der Waals surface area (Å²) in [6.07, 6.45) is 2.31. The van der Waals surface area contributed by atoms with Crippen LogP contribution >= 0.6 is 11.3 Å². The van der Waals surface area contributed by atoms with Gasteiger partial charge in [0.05, 0.1) is 0 Å². The molecule has 1 fully saturated rings. The Kier molecular flexibility index (Phi) is 7.56. The highest BCUT2D eigenvalue weighted by molar-refractivity contribution is 7.09. The topological polar surface area (TPSA) is 49.9 Å². The first-order valence-electron chi connectivity index (χ1n) is 11.1. The Labute approximate surface area is 193 Å². The lowest BCUT2D eigenvalue weighted by Crippen LogP contribution is -2.50. The van der Waals surface area contributed by atoms with Gasteiger partial charge < -0.3 is 14.5 Å². The van der Waals surface area contributed by atoms with Gasteiger partial charge in [0.2, 0.25) is 5.91 Å². The monoisotopic (exact) mass is 448 g/mol. The lowest BCUT2D eigenvalue weighted by atomic mass is 10.1. The summed E-state index contributed by atoms with van der Waals surface area (Å²) in [5.41, 5.74) is 1.88. The smallest absolute Gasteiger partial charge is 0.254 e. The summed E-state index contributed by atoms with van der Waals surface area (Å²) in [6, 6.07) is 21.6. The molecular formula is C26H28N2O3S. The van der Waals surface area contributed by atoms with Crippen molar-refractivity contribution in [1.29, 1.82) is 0 Å². The van der Waals surface area contributed by atoms with E-state index in [9.17, 15) is 9.59 Å². The number of amides is 2. The van der Waals surface area contributed by atoms with Crippen LogP contribution in [-0.2, 0) is 17.8 Å². The molecule has 0 spiro atoms. The Morgan fingerprint density at radius 1 is 0.875 bits per heavy atom. The highest BCUT2D eigenvalue weighted by Gasteiger charge is 2.24. The summed E-state index contributed by atoms with van der Waals surface area (Å²) in [6.45, 7) is 2.79. The molecule has 166 valence electrons. The minimum atomic E-state index is -0.0113. The van der Waals surface area contributed by atoms with Crippen molar-refractivity contribution in [1.82, 2.24) is 9.80 Å². The van der Waals surface area contributed by atoms with E-state index in [-0.39, 0.29) is 11.8 Å². The third-order valence-corrected chi connectivity index (χ3v) is 6.51. The van der Waals surface area contributed by atoms with Crippen LogP contribution in [0.2, 0.25) is 0 Å². The van der Waals surface area contributed by atoms with Crippen molar-refractivity contribution >= 4 is 23.2 Å². The minimum absolute atomic E-state index is 0.0113. The maximum atomic E-state index is 13.0. The summed E-state index contributed by atoms with van der Waals surface area (Å²) >= 11 is 1.65. The van der Waals surface area contributed by atoms with Crippen molar-refractivity contribution in [2.75, 3.05) is 26.2 Å². The van der Waals surface area contributed by atoms with E-state index in [0.717, 1.165) is 17.7 Å². The molecule has 0 aliphatic carbocycles. The molecule has 0 unspecified atom stereocenters. The van der Waals surface area contributed by atoms with Crippen molar-refractivity contribution in [3.05, 3.63) is 88.1 Å². The Morgan fingerprint density at radius 3 is 2.41 bits per heavy atom. The molecule has 2 amide bonds. The molecule has 5 nitrogen and oxygen atoms in total. The van der Waals surface area contributed by atoms with E-state index in [0.29, 0.717) is 50.5 Å². The molecule has 1 aromatic heterocycles. The van der Waals surface area contributed by atoms with Crippen LogP contribution < -0.4 is 4.74 Å². The van der Waals surface area contributed by atoms with Crippen LogP contribution in [0.1, 0.15) is 33.6 Å². The van der Waals surface area contributed by atoms with E-state index in [1.54, 1.807) is 17.4 Å². The quantitative estimate of drug-likeness (QED) is 0.505. The number of hydrogen-bond donors (Lipinski definition) is 0. The fraction of sp³-hybridized carbons (Fsp3) is 0.308. The lowest BCUT2D eigenvalue weighted by Gasteiger charge is -2.35. The number of ether oxygens (including phenoxy) is 1. The second kappa shape index (κ2) is 11.0. The number of aryl methyl sites for hydroxylation is 1. The number of hydrogen-bond acceptors (Lipinski definition) is 4. The van der Waals surface area contributed by atoms with E-state index in [2.05, 4.69) is 12.1 Å². The van der Waals surface area contributed by atoms with Gasteiger partial charge in [-0.25, -0.2) is 0 Å². The highest BCUT2D eigenvalue weighted by atomic mass is 32.1. The first-order chi connectivity index (χ1) is 15.7. The molecule has 0 atom stereocenters. The van der Waals surface area contributed by atoms with Gasteiger partial charge in [0.15, 0.2) is 0 Å². The molecule has 6 heteroatoms. The van der Waals surface area contributed by atoms with Crippen molar-refractivity contribution in [3.63, 3.8) is 0 Å². The number of carbonyl (C=O) groups excluding carboxylic acids is 2. The van der Waals surface area contributed by atoms with Gasteiger partial charge in [0, 0.05) is 43.0 Å². The molecule has 0 N–H and O–H groups in total.